The van der Waals surface area contributed by atoms with Crippen molar-refractivity contribution in [2.45, 2.75) is 32.4 Å². The van der Waals surface area contributed by atoms with E-state index in [1.807, 2.05) is 19.1 Å². The number of piperazine rings is 1. The normalized spacial score (nSPS) is 23.8. The Bertz CT molecular complexity index is 467. The Morgan fingerprint density at radius 3 is 3.06 bits per heavy atom. The van der Waals surface area contributed by atoms with E-state index in [9.17, 15) is 0 Å². The third-order valence-corrected chi connectivity index (χ3v) is 3.95. The van der Waals surface area contributed by atoms with Crippen LogP contribution in [-0.4, -0.2) is 25.2 Å². The molecule has 1 fully saturated rings. The predicted octanol–water partition coefficient (Wildman–Crippen LogP) is 2.73. The fourth-order valence-corrected chi connectivity index (χ4v) is 2.59. The fourth-order valence-electron chi connectivity index (χ4n) is 2.42. The van der Waals surface area contributed by atoms with Gasteiger partial charge in [-0.15, -0.1) is 0 Å². The van der Waals surface area contributed by atoms with Crippen LogP contribution in [0.1, 0.15) is 18.9 Å². The van der Waals surface area contributed by atoms with Crippen LogP contribution in [0.3, 0.4) is 0 Å². The molecule has 0 aromatic heterocycles. The second-order valence-electron chi connectivity index (χ2n) is 4.85. The van der Waals surface area contributed by atoms with Gasteiger partial charge in [-0.2, -0.15) is 5.26 Å². The minimum atomic E-state index is 0.240. The van der Waals surface area contributed by atoms with E-state index in [4.69, 9.17) is 16.9 Å². The van der Waals surface area contributed by atoms with Gasteiger partial charge in [0.2, 0.25) is 0 Å². The zero-order valence-corrected chi connectivity index (χ0v) is 11.5. The summed E-state index contributed by atoms with van der Waals surface area (Å²) in [5.74, 6) is 0. The third-order valence-electron chi connectivity index (χ3n) is 3.54. The van der Waals surface area contributed by atoms with Gasteiger partial charge in [0.25, 0.3) is 0 Å². The van der Waals surface area contributed by atoms with Gasteiger partial charge in [-0.25, -0.2) is 0 Å². The Labute approximate surface area is 113 Å². The van der Waals surface area contributed by atoms with Gasteiger partial charge >= 0.3 is 0 Å². The highest BCUT2D eigenvalue weighted by Crippen LogP contribution is 2.29. The number of benzene rings is 1. The molecule has 0 spiro atoms. The fraction of sp³-hybridized carbons (Fsp3) is 0.500. The molecule has 0 saturated carbocycles. The van der Waals surface area contributed by atoms with Crippen LogP contribution in [0.15, 0.2) is 18.2 Å². The molecule has 0 amide bonds. The summed E-state index contributed by atoms with van der Waals surface area (Å²) in [5, 5.41) is 13.0. The summed E-state index contributed by atoms with van der Waals surface area (Å²) in [6, 6.07) is 8.89. The van der Waals surface area contributed by atoms with E-state index < -0.39 is 0 Å². The first-order chi connectivity index (χ1) is 8.63. The number of nitrogens with one attached hydrogen (secondary N) is 1. The summed E-state index contributed by atoms with van der Waals surface area (Å²) >= 11 is 6.18. The van der Waals surface area contributed by atoms with Crippen molar-refractivity contribution in [1.82, 2.24) is 5.32 Å². The number of halogens is 1. The van der Waals surface area contributed by atoms with Crippen LogP contribution in [-0.2, 0) is 0 Å². The molecule has 2 atom stereocenters. The summed E-state index contributed by atoms with van der Waals surface area (Å²) in [5.41, 5.74) is 2.29. The van der Waals surface area contributed by atoms with Crippen LogP contribution in [0.2, 0.25) is 5.02 Å². The van der Waals surface area contributed by atoms with Gasteiger partial charge in [0.05, 0.1) is 12.5 Å². The van der Waals surface area contributed by atoms with E-state index >= 15 is 0 Å². The van der Waals surface area contributed by atoms with Crippen LogP contribution in [0.5, 0.6) is 0 Å². The van der Waals surface area contributed by atoms with E-state index in [1.54, 1.807) is 0 Å². The van der Waals surface area contributed by atoms with Crippen molar-refractivity contribution in [3.8, 4) is 6.07 Å². The van der Waals surface area contributed by atoms with E-state index in [0.717, 1.165) is 23.7 Å². The van der Waals surface area contributed by atoms with Gasteiger partial charge in [0, 0.05) is 35.9 Å². The average Bonchev–Trinajstić information content (AvgIpc) is 2.36. The second-order valence-corrected chi connectivity index (χ2v) is 5.26. The molecule has 1 aliphatic rings. The monoisotopic (exact) mass is 263 g/mol. The SMILES string of the molecule is Cc1c(Cl)cccc1N1CC(CC#N)NCC1C. The summed E-state index contributed by atoms with van der Waals surface area (Å²) in [6.07, 6.45) is 0.544. The van der Waals surface area contributed by atoms with E-state index in [2.05, 4.69) is 29.3 Å². The minimum absolute atomic E-state index is 0.240. The van der Waals surface area contributed by atoms with Gasteiger partial charge in [0.15, 0.2) is 0 Å². The molecule has 0 aliphatic carbocycles. The molecule has 0 radical (unpaired) electrons. The number of nitriles is 1. The Hall–Kier alpha value is -1.24. The molecule has 2 unspecified atom stereocenters. The van der Waals surface area contributed by atoms with Crippen LogP contribution < -0.4 is 10.2 Å². The zero-order valence-electron chi connectivity index (χ0n) is 10.8. The summed E-state index contributed by atoms with van der Waals surface area (Å²) < 4.78 is 0. The molecule has 4 heteroatoms. The summed E-state index contributed by atoms with van der Waals surface area (Å²) in [7, 11) is 0. The first-order valence-electron chi connectivity index (χ1n) is 6.25. The predicted molar refractivity (Wildman–Crippen MR) is 75.0 cm³/mol. The molecule has 1 saturated heterocycles. The lowest BCUT2D eigenvalue weighted by molar-refractivity contribution is 0.408. The van der Waals surface area contributed by atoms with Gasteiger partial charge < -0.3 is 10.2 Å². The largest absolute Gasteiger partial charge is 0.366 e. The van der Waals surface area contributed by atoms with Gasteiger partial charge in [-0.1, -0.05) is 17.7 Å². The van der Waals surface area contributed by atoms with Crippen molar-refractivity contribution in [2.24, 2.45) is 0 Å². The molecule has 1 aromatic carbocycles. The lowest BCUT2D eigenvalue weighted by atomic mass is 10.0. The maximum Gasteiger partial charge on any atom is 0.0638 e. The lowest BCUT2D eigenvalue weighted by Gasteiger charge is -2.40. The average molecular weight is 264 g/mol. The van der Waals surface area contributed by atoms with Crippen molar-refractivity contribution >= 4 is 17.3 Å². The number of anilines is 1. The molecule has 0 bridgehead atoms. The standard InChI is InChI=1S/C14H18ClN3/c1-10-8-17-12(6-7-16)9-18(10)14-5-3-4-13(15)11(14)2/h3-5,10,12,17H,6,8-9H2,1-2H3. The van der Waals surface area contributed by atoms with Crippen molar-refractivity contribution in [3.63, 3.8) is 0 Å². The highest BCUT2D eigenvalue weighted by Gasteiger charge is 2.26. The van der Waals surface area contributed by atoms with Gasteiger partial charge in [-0.05, 0) is 31.5 Å². The summed E-state index contributed by atoms with van der Waals surface area (Å²) in [4.78, 5) is 2.35. The molecule has 96 valence electrons. The van der Waals surface area contributed by atoms with Gasteiger partial charge in [0.1, 0.15) is 0 Å². The third kappa shape index (κ3) is 2.60. The van der Waals surface area contributed by atoms with Crippen molar-refractivity contribution in [1.29, 1.82) is 5.26 Å². The molecular weight excluding hydrogens is 246 g/mol. The van der Waals surface area contributed by atoms with Crippen molar-refractivity contribution < 1.29 is 0 Å². The van der Waals surface area contributed by atoms with Gasteiger partial charge in [-0.3, -0.25) is 0 Å². The van der Waals surface area contributed by atoms with Crippen LogP contribution >= 0.6 is 11.6 Å². The van der Waals surface area contributed by atoms with E-state index in [-0.39, 0.29) is 6.04 Å². The molecule has 1 aromatic rings. The molecule has 1 heterocycles. The van der Waals surface area contributed by atoms with E-state index in [0.29, 0.717) is 12.5 Å². The quantitative estimate of drug-likeness (QED) is 0.892. The Morgan fingerprint density at radius 2 is 2.33 bits per heavy atom. The first kappa shape index (κ1) is 13.2. The topological polar surface area (TPSA) is 39.1 Å². The number of rotatable bonds is 2. The molecule has 1 N–H and O–H groups in total. The lowest BCUT2D eigenvalue weighted by Crippen LogP contribution is -2.55. The molecule has 3 nitrogen and oxygen atoms in total. The van der Waals surface area contributed by atoms with Crippen LogP contribution in [0.4, 0.5) is 5.69 Å². The maximum atomic E-state index is 8.81. The maximum absolute atomic E-state index is 8.81. The Balaban J connectivity index is 2.25. The minimum Gasteiger partial charge on any atom is -0.366 e. The first-order valence-corrected chi connectivity index (χ1v) is 6.63. The highest BCUT2D eigenvalue weighted by molar-refractivity contribution is 6.31. The van der Waals surface area contributed by atoms with E-state index in [1.165, 1.54) is 5.69 Å². The molecule has 18 heavy (non-hydrogen) atoms. The number of nitrogens with zero attached hydrogens (tertiary/aromatic N) is 2. The smallest absolute Gasteiger partial charge is 0.0638 e. The number of hydrogen-bond acceptors (Lipinski definition) is 3. The molecule has 1 aliphatic heterocycles. The second kappa shape index (κ2) is 5.60. The molecular formula is C14H18ClN3. The highest BCUT2D eigenvalue weighted by atomic mass is 35.5. The Kier molecular flexibility index (Phi) is 4.11. The van der Waals surface area contributed by atoms with Crippen molar-refractivity contribution in [2.75, 3.05) is 18.0 Å². The summed E-state index contributed by atoms with van der Waals surface area (Å²) in [6.45, 7) is 6.00. The molecule has 2 rings (SSSR count). The number of hydrogen-bond donors (Lipinski definition) is 1. The zero-order chi connectivity index (χ0) is 13.1. The van der Waals surface area contributed by atoms with Crippen molar-refractivity contribution in [3.05, 3.63) is 28.8 Å². The van der Waals surface area contributed by atoms with Crippen LogP contribution in [0, 0.1) is 18.3 Å². The Morgan fingerprint density at radius 1 is 1.56 bits per heavy atom. The van der Waals surface area contributed by atoms with Crippen LogP contribution in [0.25, 0.3) is 0 Å².